The second-order valence-electron chi connectivity index (χ2n) is 13.6. The molecule has 5 atom stereocenters. The minimum absolute atomic E-state index is 0.0354. The standard InChI is InChI=1S/C33H34Cl2F2N6O4S/c1-16(2)25-26(29(45)41-14-19(36)11-22(41)28(44)42-15-33(8-9-33)39-13-23(42)30(46)47)48-31-40-32(3,18-5-7-24(35)38-12-18)27(43(25)31)17-4-6-20(34)21(37)10-17/h4-7,10,12,16,19,22-23,27,39H,8-9,11,13-15H2,1-3H3,(H,46,47)/t19-,22+,23+,27-,32+/m1/s1. The number of piperazine rings is 1. The third kappa shape index (κ3) is 5.46. The lowest BCUT2D eigenvalue weighted by molar-refractivity contribution is -0.155. The molecule has 15 heteroatoms. The van der Waals surface area contributed by atoms with Crippen molar-refractivity contribution < 1.29 is 28.3 Å². The summed E-state index contributed by atoms with van der Waals surface area (Å²) in [7, 11) is 0. The molecular weight excluding hydrogens is 685 g/mol. The summed E-state index contributed by atoms with van der Waals surface area (Å²) in [6.07, 6.45) is 1.57. The van der Waals surface area contributed by atoms with Crippen molar-refractivity contribution in [2.24, 2.45) is 10.9 Å². The molecule has 1 spiro atoms. The maximum absolute atomic E-state index is 15.2. The number of fused-ring (bicyclic) bond motifs is 1. The number of carbonyl (C=O) groups is 3. The van der Waals surface area contributed by atoms with Gasteiger partial charge >= 0.3 is 5.97 Å². The Morgan fingerprint density at radius 1 is 1.12 bits per heavy atom. The molecule has 1 saturated carbocycles. The molecule has 0 radical (unpaired) electrons. The Bertz CT molecular complexity index is 1770. The van der Waals surface area contributed by atoms with Crippen molar-refractivity contribution in [1.82, 2.24) is 25.0 Å². The number of likely N-dealkylation sites (tertiary alicyclic amines) is 1. The van der Waals surface area contributed by atoms with Gasteiger partial charge in [-0.1, -0.05) is 49.2 Å². The normalized spacial score (nSPS) is 29.2. The summed E-state index contributed by atoms with van der Waals surface area (Å²) in [4.78, 5) is 54.8. The molecule has 5 heterocycles. The van der Waals surface area contributed by atoms with Crippen LogP contribution in [0, 0.1) is 11.7 Å². The first-order chi connectivity index (χ1) is 22.7. The molecule has 2 amide bonds. The number of halogens is 4. The van der Waals surface area contributed by atoms with Gasteiger partial charge in [0.25, 0.3) is 5.91 Å². The molecule has 1 aliphatic carbocycles. The molecule has 7 rings (SSSR count). The van der Waals surface area contributed by atoms with Crippen molar-refractivity contribution in [2.45, 2.75) is 75.4 Å². The van der Waals surface area contributed by atoms with Crippen LogP contribution in [0.4, 0.5) is 8.78 Å². The van der Waals surface area contributed by atoms with Crippen LogP contribution in [0.25, 0.3) is 0 Å². The first-order valence-electron chi connectivity index (χ1n) is 15.8. The van der Waals surface area contributed by atoms with Crippen molar-refractivity contribution in [3.63, 3.8) is 0 Å². The van der Waals surface area contributed by atoms with Gasteiger partial charge in [0.15, 0.2) is 5.17 Å². The van der Waals surface area contributed by atoms with E-state index in [2.05, 4.69) is 10.3 Å². The number of amides is 2. The average molecular weight is 720 g/mol. The minimum atomic E-state index is -1.46. The number of pyridine rings is 1. The molecule has 1 aromatic heterocycles. The molecule has 2 N–H and O–H groups in total. The van der Waals surface area contributed by atoms with Gasteiger partial charge in [0.1, 0.15) is 39.7 Å². The van der Waals surface area contributed by atoms with Crippen molar-refractivity contribution in [3.8, 4) is 0 Å². The first-order valence-corrected chi connectivity index (χ1v) is 17.4. The van der Waals surface area contributed by atoms with Gasteiger partial charge < -0.3 is 25.1 Å². The van der Waals surface area contributed by atoms with Gasteiger partial charge in [-0.3, -0.25) is 9.59 Å². The van der Waals surface area contributed by atoms with Crippen LogP contribution in [0.2, 0.25) is 10.2 Å². The number of allylic oxidation sites excluding steroid dienone is 1. The highest BCUT2D eigenvalue weighted by molar-refractivity contribution is 8.18. The number of nitrogens with zero attached hydrogens (tertiary/aromatic N) is 5. The van der Waals surface area contributed by atoms with E-state index in [1.807, 2.05) is 31.7 Å². The summed E-state index contributed by atoms with van der Waals surface area (Å²) in [5.74, 6) is -3.10. The zero-order valence-electron chi connectivity index (χ0n) is 26.4. The number of thioether (sulfide) groups is 1. The minimum Gasteiger partial charge on any atom is -0.480 e. The van der Waals surface area contributed by atoms with Crippen LogP contribution in [-0.4, -0.2) is 91.2 Å². The van der Waals surface area contributed by atoms with Crippen molar-refractivity contribution >= 4 is 57.9 Å². The average Bonchev–Trinajstić information content (AvgIpc) is 3.36. The zero-order valence-corrected chi connectivity index (χ0v) is 28.7. The van der Waals surface area contributed by atoms with Crippen LogP contribution in [0.5, 0.6) is 0 Å². The van der Waals surface area contributed by atoms with E-state index >= 15 is 4.39 Å². The molecule has 48 heavy (non-hydrogen) atoms. The number of aliphatic imine (C=N–C) groups is 1. The summed E-state index contributed by atoms with van der Waals surface area (Å²) in [6, 6.07) is 5.12. The Morgan fingerprint density at radius 3 is 2.50 bits per heavy atom. The van der Waals surface area contributed by atoms with Crippen LogP contribution in [0.15, 0.2) is 52.1 Å². The number of rotatable bonds is 6. The summed E-state index contributed by atoms with van der Waals surface area (Å²) < 4.78 is 30.1. The van der Waals surface area contributed by atoms with Gasteiger partial charge in [0.05, 0.1) is 17.6 Å². The number of carboxylic acid groups (broad SMARTS) is 1. The molecular formula is C33H34Cl2F2N6O4S. The molecule has 5 aliphatic rings. The Labute approximate surface area is 290 Å². The SMILES string of the molecule is CC(C)C1=C(C(=O)N2C[C@H](F)C[C@H]2C(=O)N2CC3(CC3)NC[C@H]2C(=O)O)SC2=N[C@@](C)(c3ccc(Cl)nc3)[C@@H](c3ccc(Cl)c(F)c3)N21. The monoisotopic (exact) mass is 718 g/mol. The molecule has 2 aromatic rings. The molecule has 2 saturated heterocycles. The van der Waals surface area contributed by atoms with Gasteiger partial charge in [-0.2, -0.15) is 0 Å². The highest BCUT2D eigenvalue weighted by Crippen LogP contribution is 2.56. The molecule has 4 aliphatic heterocycles. The molecule has 0 bridgehead atoms. The van der Waals surface area contributed by atoms with E-state index in [0.717, 1.165) is 24.6 Å². The summed E-state index contributed by atoms with van der Waals surface area (Å²) in [5, 5.41) is 13.9. The van der Waals surface area contributed by atoms with E-state index in [0.29, 0.717) is 32.0 Å². The van der Waals surface area contributed by atoms with Crippen LogP contribution < -0.4 is 5.32 Å². The fraction of sp³-hybridized carbons (Fsp3) is 0.485. The molecule has 3 fully saturated rings. The topological polar surface area (TPSA) is 118 Å². The predicted octanol–water partition coefficient (Wildman–Crippen LogP) is 5.13. The number of carbonyl (C=O) groups excluding carboxylic acids is 2. The molecule has 0 unspecified atom stereocenters. The van der Waals surface area contributed by atoms with Gasteiger partial charge in [-0.15, -0.1) is 0 Å². The fourth-order valence-electron chi connectivity index (χ4n) is 7.41. The number of alkyl halides is 1. The Morgan fingerprint density at radius 2 is 1.88 bits per heavy atom. The van der Waals surface area contributed by atoms with Crippen LogP contribution >= 0.6 is 35.0 Å². The van der Waals surface area contributed by atoms with Crippen LogP contribution in [-0.2, 0) is 19.9 Å². The molecule has 10 nitrogen and oxygen atoms in total. The largest absolute Gasteiger partial charge is 0.480 e. The van der Waals surface area contributed by atoms with Gasteiger partial charge in [-0.25, -0.2) is 23.6 Å². The smallest absolute Gasteiger partial charge is 0.327 e. The number of nitrogens with one attached hydrogen (secondary N) is 1. The third-order valence-electron chi connectivity index (χ3n) is 10.1. The van der Waals surface area contributed by atoms with Crippen LogP contribution in [0.1, 0.15) is 57.2 Å². The van der Waals surface area contributed by atoms with E-state index in [1.165, 1.54) is 21.9 Å². The van der Waals surface area contributed by atoms with Gasteiger partial charge in [0.2, 0.25) is 5.91 Å². The number of hydrogen-bond acceptors (Lipinski definition) is 8. The van der Waals surface area contributed by atoms with Crippen molar-refractivity contribution in [2.75, 3.05) is 19.6 Å². The van der Waals surface area contributed by atoms with Crippen LogP contribution in [0.3, 0.4) is 0 Å². The number of hydrogen-bond donors (Lipinski definition) is 2. The van der Waals surface area contributed by atoms with E-state index in [1.54, 1.807) is 18.3 Å². The highest BCUT2D eigenvalue weighted by atomic mass is 35.5. The number of carboxylic acids is 1. The lowest BCUT2D eigenvalue weighted by Crippen LogP contribution is -2.64. The maximum Gasteiger partial charge on any atom is 0.327 e. The van der Waals surface area contributed by atoms with E-state index in [-0.39, 0.29) is 42.5 Å². The lowest BCUT2D eigenvalue weighted by Gasteiger charge is -2.41. The van der Waals surface area contributed by atoms with Gasteiger partial charge in [-0.05, 0) is 61.2 Å². The lowest BCUT2D eigenvalue weighted by atomic mass is 9.81. The number of amidine groups is 1. The predicted molar refractivity (Wildman–Crippen MR) is 178 cm³/mol. The number of aromatic nitrogens is 1. The Kier molecular flexibility index (Phi) is 8.28. The third-order valence-corrected chi connectivity index (χ3v) is 11.6. The van der Waals surface area contributed by atoms with Crippen molar-refractivity contribution in [3.05, 3.63) is 74.3 Å². The van der Waals surface area contributed by atoms with Crippen molar-refractivity contribution in [1.29, 1.82) is 0 Å². The highest BCUT2D eigenvalue weighted by Gasteiger charge is 2.56. The van der Waals surface area contributed by atoms with E-state index in [4.69, 9.17) is 28.2 Å². The maximum atomic E-state index is 15.2. The molecule has 254 valence electrons. The zero-order chi connectivity index (χ0) is 34.3. The van der Waals surface area contributed by atoms with Gasteiger partial charge in [0, 0.05) is 42.5 Å². The van der Waals surface area contributed by atoms with E-state index < -0.39 is 53.4 Å². The number of benzene rings is 1. The number of aliphatic carboxylic acids is 1. The summed E-state index contributed by atoms with van der Waals surface area (Å²) >= 11 is 13.3. The quantitative estimate of drug-likeness (QED) is 0.395. The summed E-state index contributed by atoms with van der Waals surface area (Å²) in [5.41, 5.74) is 0.563. The first kappa shape index (κ1) is 33.2. The molecule has 1 aromatic carbocycles. The Balaban J connectivity index is 1.27. The fourth-order valence-corrected chi connectivity index (χ4v) is 9.00. The summed E-state index contributed by atoms with van der Waals surface area (Å²) in [6.45, 7) is 5.72. The second kappa shape index (κ2) is 12.0. The Hall–Kier alpha value is -3.26. The van der Waals surface area contributed by atoms with E-state index in [9.17, 15) is 23.9 Å². The second-order valence-corrected chi connectivity index (χ2v) is 15.4.